The molecule has 0 saturated heterocycles. The van der Waals surface area contributed by atoms with Crippen molar-refractivity contribution in [3.05, 3.63) is 119 Å². The molecule has 1 unspecified atom stereocenters. The molecule has 5 nitrogen and oxygen atoms in total. The number of nitrogens with zero attached hydrogens (tertiary/aromatic N) is 4. The van der Waals surface area contributed by atoms with Crippen LogP contribution in [0, 0.1) is 35.5 Å². The molecule has 12 aliphatic rings. The molecule has 4 aliphatic heterocycles. The van der Waals surface area contributed by atoms with Gasteiger partial charge in [-0.05, 0) is 183 Å². The van der Waals surface area contributed by atoms with Crippen LogP contribution in [0.3, 0.4) is 0 Å². The van der Waals surface area contributed by atoms with E-state index in [0.717, 1.165) is 47.1 Å². The van der Waals surface area contributed by atoms with Crippen molar-refractivity contribution in [3.63, 3.8) is 0 Å². The molecule has 8 fully saturated rings. The molecule has 8 heterocycles. The van der Waals surface area contributed by atoms with E-state index in [4.69, 9.17) is 4.74 Å². The van der Waals surface area contributed by atoms with Crippen molar-refractivity contribution < 1.29 is 13.9 Å². The number of rotatable bonds is 2. The van der Waals surface area contributed by atoms with E-state index in [2.05, 4.69) is 115 Å². The van der Waals surface area contributed by atoms with E-state index in [9.17, 15) is 0 Å². The highest BCUT2D eigenvalue weighted by molar-refractivity contribution is 6.16. The number of aromatic nitrogens is 4. The maximum absolute atomic E-state index is 7.52. The third-order valence-electron chi connectivity index (χ3n) is 19.3. The Morgan fingerprint density at radius 1 is 0.483 bits per heavy atom. The number of ether oxygens (including phenoxy) is 1. The average molecular weight is 779 g/mol. The summed E-state index contributed by atoms with van der Waals surface area (Å²) in [6.45, 7) is 0. The molecule has 1 spiro atoms. The molecule has 4 aromatic heterocycles. The molecule has 0 radical (unpaired) electrons. The second-order valence-corrected chi connectivity index (χ2v) is 22.2. The number of pyridine rings is 2. The summed E-state index contributed by atoms with van der Waals surface area (Å²) >= 11 is 0. The zero-order chi connectivity index (χ0) is 38.2. The summed E-state index contributed by atoms with van der Waals surface area (Å²) < 4.78 is 18.5. The molecule has 0 N–H and O–H groups in total. The quantitative estimate of drug-likeness (QED) is 0.161. The summed E-state index contributed by atoms with van der Waals surface area (Å²) in [6, 6.07) is 38.8. The van der Waals surface area contributed by atoms with Gasteiger partial charge < -0.3 is 9.30 Å². The first-order valence-electron chi connectivity index (χ1n) is 23.6. The molecular weight excluding hydrogens is 733 g/mol. The number of hydrogen-bond acceptors (Lipinski definition) is 1. The SMILES string of the molecule is c1ccc2c(c1)c1ccc3c4c1n2-c1ccc2c5ccccc5n5c2c1C41[n+]2c(cc(C46CC7CC(CC(C7)C4)C6)cc2-c2cc(C46CC7CC(CC(C7)C4)C6)cc-5[n+]21)O3. The predicted octanol–water partition coefficient (Wildman–Crippen LogP) is 11.4. The van der Waals surface area contributed by atoms with Crippen molar-refractivity contribution in [1.29, 1.82) is 0 Å². The van der Waals surface area contributed by atoms with Crippen molar-refractivity contribution in [3.8, 4) is 34.5 Å². The molecule has 5 heteroatoms. The van der Waals surface area contributed by atoms with E-state index in [1.807, 2.05) is 0 Å². The first-order valence-corrected chi connectivity index (χ1v) is 23.6. The largest absolute Gasteiger partial charge is 0.404 e. The zero-order valence-electron chi connectivity index (χ0n) is 33.9. The van der Waals surface area contributed by atoms with E-state index in [1.165, 1.54) is 155 Å². The van der Waals surface area contributed by atoms with Gasteiger partial charge in [0.25, 0.3) is 11.5 Å². The highest BCUT2D eigenvalue weighted by Crippen LogP contribution is 2.65. The summed E-state index contributed by atoms with van der Waals surface area (Å²) in [5, 5.41) is 5.33. The standard InChI is InChI=1S/C55H46N4O/c1-3-7-41-37(5-1)40-10-12-46-50-52(40)56(41)43-11-9-39-38-6-2-4-8-42(38)57-47-21-35(53-23-29-13-30(24-53)15-31(14-29)25-53)19-44-45-20-36(54-26-32-16-33(27-54)18-34(17-32)28-54)22-48(60-46)59(45)55(50,58(44)47)49(43)51(39)57/h1-12,19-22,29-34H,13-18,23-28H2/q+2. The van der Waals surface area contributed by atoms with E-state index in [-0.39, 0.29) is 10.8 Å². The van der Waals surface area contributed by atoms with Crippen molar-refractivity contribution in [1.82, 2.24) is 9.13 Å². The second-order valence-electron chi connectivity index (χ2n) is 22.2. The first kappa shape index (κ1) is 30.6. The Morgan fingerprint density at radius 2 is 1.00 bits per heavy atom. The maximum Gasteiger partial charge on any atom is 0.378 e. The van der Waals surface area contributed by atoms with Gasteiger partial charge in [-0.3, -0.25) is 0 Å². The summed E-state index contributed by atoms with van der Waals surface area (Å²) in [4.78, 5) is 0. The van der Waals surface area contributed by atoms with Gasteiger partial charge in [-0.25, -0.2) is 0 Å². The molecule has 290 valence electrons. The van der Waals surface area contributed by atoms with E-state index in [1.54, 1.807) is 11.1 Å². The molecule has 0 amide bonds. The highest BCUT2D eigenvalue weighted by atomic mass is 16.5. The summed E-state index contributed by atoms with van der Waals surface area (Å²) in [7, 11) is 0. The Morgan fingerprint density at radius 3 is 1.62 bits per heavy atom. The molecule has 1 atom stereocenters. The average Bonchev–Trinajstić information content (AvgIpc) is 3.88. The smallest absolute Gasteiger partial charge is 0.378 e. The summed E-state index contributed by atoms with van der Waals surface area (Å²) in [5.41, 5.74) is 15.1. The van der Waals surface area contributed by atoms with Gasteiger partial charge in [-0.15, -0.1) is 9.13 Å². The molecule has 60 heavy (non-hydrogen) atoms. The number of hydrogen-bond donors (Lipinski definition) is 0. The van der Waals surface area contributed by atoms with Gasteiger partial charge >= 0.3 is 11.5 Å². The molecule has 8 saturated carbocycles. The lowest BCUT2D eigenvalue weighted by Gasteiger charge is -2.57. The van der Waals surface area contributed by atoms with E-state index < -0.39 is 5.66 Å². The van der Waals surface area contributed by atoms with Crippen LogP contribution in [0.25, 0.3) is 66.5 Å². The van der Waals surface area contributed by atoms with Gasteiger partial charge in [0.05, 0.1) is 22.8 Å². The van der Waals surface area contributed by atoms with Crippen molar-refractivity contribution in [2.45, 2.75) is 93.5 Å². The van der Waals surface area contributed by atoms with Crippen LogP contribution in [0.4, 0.5) is 0 Å². The van der Waals surface area contributed by atoms with Crippen LogP contribution in [0.5, 0.6) is 11.6 Å². The molecule has 20 rings (SSSR count). The normalized spacial score (nSPS) is 34.2. The van der Waals surface area contributed by atoms with Crippen LogP contribution < -0.4 is 13.9 Å². The molecule has 8 aromatic rings. The van der Waals surface area contributed by atoms with Gasteiger partial charge in [-0.1, -0.05) is 30.3 Å². The topological polar surface area (TPSA) is 26.8 Å². The highest BCUT2D eigenvalue weighted by Gasteiger charge is 2.72. The predicted molar refractivity (Wildman–Crippen MR) is 232 cm³/mol. The molecule has 4 aromatic carbocycles. The lowest BCUT2D eigenvalue weighted by molar-refractivity contribution is -0.938. The molecule has 8 bridgehead atoms. The lowest BCUT2D eigenvalue weighted by Crippen LogP contribution is -2.75. The number of para-hydroxylation sites is 2. The van der Waals surface area contributed by atoms with Crippen LogP contribution in [-0.4, -0.2) is 9.13 Å². The van der Waals surface area contributed by atoms with Gasteiger partial charge in [-0.2, -0.15) is 4.57 Å². The Kier molecular flexibility index (Phi) is 4.79. The fourth-order valence-electron chi connectivity index (χ4n) is 18.3. The number of benzene rings is 4. The van der Waals surface area contributed by atoms with Gasteiger partial charge in [0, 0.05) is 33.7 Å². The lowest BCUT2D eigenvalue weighted by atomic mass is 9.48. The Bertz CT molecular complexity index is 3380. The molecule has 8 aliphatic carbocycles. The Hall–Kier alpha value is -5.42. The van der Waals surface area contributed by atoms with Gasteiger partial charge in [0.15, 0.2) is 11.3 Å². The van der Waals surface area contributed by atoms with Gasteiger partial charge in [0.1, 0.15) is 16.6 Å². The second kappa shape index (κ2) is 9.39. The van der Waals surface area contributed by atoms with Gasteiger partial charge in [0.2, 0.25) is 5.69 Å². The minimum atomic E-state index is -0.633. The third kappa shape index (κ3) is 3.10. The van der Waals surface area contributed by atoms with Crippen molar-refractivity contribution in [2.75, 3.05) is 0 Å². The van der Waals surface area contributed by atoms with Crippen molar-refractivity contribution in [2.24, 2.45) is 35.5 Å². The Labute approximate surface area is 348 Å². The van der Waals surface area contributed by atoms with Crippen LogP contribution in [0.2, 0.25) is 0 Å². The summed E-state index contributed by atoms with van der Waals surface area (Å²) in [6.07, 6.45) is 16.9. The van der Waals surface area contributed by atoms with Crippen LogP contribution >= 0.6 is 0 Å². The molecular formula is C55H46N4O+2. The van der Waals surface area contributed by atoms with Crippen LogP contribution in [0.1, 0.15) is 99.3 Å². The zero-order valence-corrected chi connectivity index (χ0v) is 33.9. The Balaban J connectivity index is 1.05. The summed E-state index contributed by atoms with van der Waals surface area (Å²) in [5.74, 6) is 8.69. The number of fused-ring (bicyclic) bond motifs is 9. The van der Waals surface area contributed by atoms with Crippen LogP contribution in [-0.2, 0) is 16.5 Å². The minimum Gasteiger partial charge on any atom is -0.404 e. The van der Waals surface area contributed by atoms with E-state index in [0.29, 0.717) is 0 Å². The first-order chi connectivity index (χ1) is 29.6. The minimum absolute atomic E-state index is 0.251. The maximum atomic E-state index is 7.52. The van der Waals surface area contributed by atoms with E-state index >= 15 is 0 Å². The monoisotopic (exact) mass is 778 g/mol. The fourth-order valence-corrected chi connectivity index (χ4v) is 18.3. The van der Waals surface area contributed by atoms with Crippen molar-refractivity contribution >= 4 is 43.6 Å². The fraction of sp³-hybridized carbons (Fsp3) is 0.382. The third-order valence-corrected chi connectivity index (χ3v) is 19.3. The van der Waals surface area contributed by atoms with Crippen LogP contribution in [0.15, 0.2) is 97.1 Å².